The first kappa shape index (κ1) is 2.33. The highest BCUT2D eigenvalue weighted by atomic mass is 127. The summed E-state index contributed by atoms with van der Waals surface area (Å²) in [6.07, 6.45) is 6.14. The molecule has 0 radical (unpaired) electrons. The number of rotatable bonds is 0. The van der Waals surface area contributed by atoms with Gasteiger partial charge in [-0.2, -0.15) is 0 Å². The maximum absolute atomic E-state index is 6.35. The van der Waals surface area contributed by atoms with Crippen LogP contribution < -0.4 is 3.52 Å². The van der Waals surface area contributed by atoms with Gasteiger partial charge in [-0.05, 0) is 0 Å². The van der Waals surface area contributed by atoms with E-state index in [1.807, 2.05) is 0 Å². The summed E-state index contributed by atoms with van der Waals surface area (Å²) in [4.78, 5) is 0. The lowest BCUT2D eigenvalue weighted by Crippen LogP contribution is -1.73. The Morgan fingerprint density at radius 1 is 2.50 bits per heavy atom. The molecular formula is C2HIN-. The van der Waals surface area contributed by atoms with Crippen LogP contribution in [0.3, 0.4) is 0 Å². The zero-order chi connectivity index (χ0) is 4.28. The fraction of sp³-hybridized carbons (Fsp3) is 0. The summed E-state index contributed by atoms with van der Waals surface area (Å²) in [5.74, 6) is 0. The zero-order valence-electron chi connectivity index (χ0n) is 2.83. The number of hydrogen-bond acceptors (Lipinski definition) is 1. The Labute approximate surface area is 40.7 Å². The molecule has 1 nitrogen and oxygen atoms in total. The van der Waals surface area contributed by atoms with E-state index in [1.54, 1.807) is 28.9 Å². The molecule has 0 aliphatic carbocycles. The van der Waals surface area contributed by atoms with E-state index in [0.717, 1.165) is 3.52 Å². The van der Waals surface area contributed by atoms with Crippen molar-refractivity contribution in [2.45, 2.75) is 0 Å². The average Bonchev–Trinajstić information content (AvgIpc) is 1.38. The summed E-state index contributed by atoms with van der Waals surface area (Å²) < 4.78 is 7.11. The highest BCUT2D eigenvalue weighted by Crippen LogP contribution is 1.55. The first-order chi connectivity index (χ1) is 2.27. The SMILES string of the molecule is [3H]N(I)C#[C-]. The highest BCUT2D eigenvalue weighted by Gasteiger charge is 1.26. The van der Waals surface area contributed by atoms with Crippen molar-refractivity contribution in [1.29, 1.82) is 0 Å². The maximum atomic E-state index is 6.35. The third kappa shape index (κ3) is 2.09. The van der Waals surface area contributed by atoms with Crippen LogP contribution in [0.15, 0.2) is 0 Å². The molecular weight excluding hydrogens is 165 g/mol. The minimum absolute atomic E-state index is 0.762. The van der Waals surface area contributed by atoms with Gasteiger partial charge >= 0.3 is 0 Å². The molecule has 0 fully saturated rings. The molecule has 0 rings (SSSR count). The summed E-state index contributed by atoms with van der Waals surface area (Å²) in [6.45, 7) is 0. The molecule has 0 heterocycles. The Morgan fingerprint density at radius 3 is 2.75 bits per heavy atom. The van der Waals surface area contributed by atoms with Crippen LogP contribution >= 0.6 is 22.9 Å². The molecule has 1 N–H and O–H groups in total. The van der Waals surface area contributed by atoms with E-state index in [1.165, 1.54) is 0 Å². The van der Waals surface area contributed by atoms with Gasteiger partial charge in [-0.15, -0.1) is 0 Å². The molecule has 0 amide bonds. The molecule has 0 bridgehead atoms. The van der Waals surface area contributed by atoms with E-state index in [9.17, 15) is 0 Å². The van der Waals surface area contributed by atoms with E-state index in [0.29, 0.717) is 0 Å². The molecule has 0 aromatic heterocycles. The summed E-state index contributed by atoms with van der Waals surface area (Å²) in [7, 11) is 0. The Kier molecular flexibility index (Phi) is 1.80. The first-order valence-electron chi connectivity index (χ1n) is 1.09. The Balaban J connectivity index is 2.94. The van der Waals surface area contributed by atoms with Crippen molar-refractivity contribution in [3.05, 3.63) is 6.42 Å². The van der Waals surface area contributed by atoms with E-state index in [2.05, 4.69) is 0 Å². The van der Waals surface area contributed by atoms with Crippen LogP contribution in [0.5, 0.6) is 0 Å². The molecule has 0 unspecified atom stereocenters. The van der Waals surface area contributed by atoms with E-state index in [-0.39, 0.29) is 0 Å². The van der Waals surface area contributed by atoms with Crippen LogP contribution in [0.2, 0.25) is 1.41 Å². The van der Waals surface area contributed by atoms with Gasteiger partial charge in [0.25, 0.3) is 0 Å². The second-order valence-corrected chi connectivity index (χ2v) is 0.679. The van der Waals surface area contributed by atoms with Crippen molar-refractivity contribution in [2.24, 2.45) is 0 Å². The zero-order valence-corrected chi connectivity index (χ0v) is 3.98. The Bertz CT molecular complexity index is 55.2. The van der Waals surface area contributed by atoms with Crippen LogP contribution in [0, 0.1) is 12.5 Å². The second kappa shape index (κ2) is 3.09. The monoisotopic (exact) mass is 168 g/mol. The number of halogens is 1. The van der Waals surface area contributed by atoms with Crippen molar-refractivity contribution in [3.8, 4) is 6.04 Å². The van der Waals surface area contributed by atoms with Gasteiger partial charge in [-0.25, -0.2) is 6.04 Å². The number of nitrogens with one attached hydrogen (secondary N) is 1. The van der Waals surface area contributed by atoms with Gasteiger partial charge in [0, 0.05) is 0 Å². The van der Waals surface area contributed by atoms with Crippen molar-refractivity contribution in [3.63, 3.8) is 0 Å². The molecule has 0 atom stereocenters. The molecule has 0 aromatic carbocycles. The van der Waals surface area contributed by atoms with Gasteiger partial charge in [-0.1, -0.05) is 0 Å². The van der Waals surface area contributed by atoms with Crippen LogP contribution in [-0.2, 0) is 0 Å². The third-order valence-corrected chi connectivity index (χ3v) is 0.283. The van der Waals surface area contributed by atoms with Crippen molar-refractivity contribution in [1.82, 2.24) is 3.52 Å². The van der Waals surface area contributed by atoms with Crippen LogP contribution in [-0.4, -0.2) is 0 Å². The largest absolute Gasteiger partial charge is 0.669 e. The molecule has 22 valence electrons. The molecule has 0 aliphatic heterocycles. The molecule has 2 heteroatoms. The number of hydrogen-bond donors (Lipinski definition) is 1. The van der Waals surface area contributed by atoms with E-state index < -0.39 is 0 Å². The maximum Gasteiger partial charge on any atom is 0.180 e. The molecule has 0 spiro atoms. The quantitative estimate of drug-likeness (QED) is 0.182. The Hall–Kier alpha value is 0.0900. The fourth-order valence-corrected chi connectivity index (χ4v) is 0. The topological polar surface area (TPSA) is 12.0 Å². The molecule has 4 heavy (non-hydrogen) atoms. The summed E-state index contributed by atoms with van der Waals surface area (Å²) in [6, 6.07) is 1.76. The normalized spacial score (nSPS) is 7.50. The van der Waals surface area contributed by atoms with Gasteiger partial charge in [0.05, 0.1) is 22.9 Å². The molecule has 0 aliphatic rings. The molecule has 0 saturated heterocycles. The lowest BCUT2D eigenvalue weighted by molar-refractivity contribution is 1.61. The van der Waals surface area contributed by atoms with Crippen molar-refractivity contribution in [2.75, 3.05) is 0 Å². The highest BCUT2D eigenvalue weighted by molar-refractivity contribution is 14.1. The second-order valence-electron chi connectivity index (χ2n) is 0.196. The van der Waals surface area contributed by atoms with Crippen LogP contribution in [0.4, 0.5) is 0 Å². The van der Waals surface area contributed by atoms with Gasteiger partial charge < -0.3 is 9.95 Å². The third-order valence-electron chi connectivity index (χ3n) is 0.0423. The van der Waals surface area contributed by atoms with Gasteiger partial charge in [0.15, 0.2) is 1.41 Å². The predicted octanol–water partition coefficient (Wildman–Crippen LogP) is 0.473. The van der Waals surface area contributed by atoms with Gasteiger partial charge in [-0.3, -0.25) is 0 Å². The van der Waals surface area contributed by atoms with E-state index >= 15 is 0 Å². The smallest absolute Gasteiger partial charge is 0.180 e. The van der Waals surface area contributed by atoms with Crippen LogP contribution in [0.25, 0.3) is 0 Å². The van der Waals surface area contributed by atoms with Crippen molar-refractivity contribution >= 4 is 22.9 Å². The van der Waals surface area contributed by atoms with Gasteiger partial charge in [0.1, 0.15) is 0 Å². The first-order valence-corrected chi connectivity index (χ1v) is 1.61. The summed E-state index contributed by atoms with van der Waals surface area (Å²) in [5, 5.41) is 0. The lowest BCUT2D eigenvalue weighted by Gasteiger charge is -1.73. The van der Waals surface area contributed by atoms with Crippen molar-refractivity contribution < 1.29 is 1.41 Å². The van der Waals surface area contributed by atoms with Gasteiger partial charge in [0.2, 0.25) is 0 Å². The molecule has 0 aromatic rings. The Morgan fingerprint density at radius 2 is 2.75 bits per heavy atom. The van der Waals surface area contributed by atoms with E-state index in [4.69, 9.17) is 7.84 Å². The summed E-state index contributed by atoms with van der Waals surface area (Å²) in [5.41, 5.74) is 0. The standard InChI is InChI=1S/C2HIN/c1-2-4-3/h4H/q-1/i/hT. The average molecular weight is 168 g/mol. The minimum Gasteiger partial charge on any atom is -0.669 e. The minimum atomic E-state index is 0.762. The molecule has 0 saturated carbocycles. The summed E-state index contributed by atoms with van der Waals surface area (Å²) >= 11 is 1.61. The lowest BCUT2D eigenvalue weighted by atomic mass is 11.2. The fourth-order valence-electron chi connectivity index (χ4n) is 0. The predicted molar refractivity (Wildman–Crippen MR) is 24.3 cm³/mol. The van der Waals surface area contributed by atoms with Crippen LogP contribution in [0.1, 0.15) is 0 Å².